The fourth-order valence-corrected chi connectivity index (χ4v) is 4.02. The van der Waals surface area contributed by atoms with Crippen LogP contribution in [0.4, 0.5) is 0 Å². The van der Waals surface area contributed by atoms with Gasteiger partial charge in [0.05, 0.1) is 5.75 Å². The van der Waals surface area contributed by atoms with Gasteiger partial charge in [-0.1, -0.05) is 36.7 Å². The third-order valence-corrected chi connectivity index (χ3v) is 5.28. The number of carbonyl (C=O) groups is 1. The van der Waals surface area contributed by atoms with Crippen molar-refractivity contribution in [3.63, 3.8) is 0 Å². The van der Waals surface area contributed by atoms with Gasteiger partial charge in [-0.05, 0) is 30.4 Å². The van der Waals surface area contributed by atoms with E-state index >= 15 is 0 Å². The molecule has 1 aromatic rings. The first-order valence-corrected chi connectivity index (χ1v) is 9.42. The molecule has 0 spiro atoms. The van der Waals surface area contributed by atoms with Gasteiger partial charge >= 0.3 is 0 Å². The van der Waals surface area contributed by atoms with E-state index in [1.54, 1.807) is 6.92 Å². The summed E-state index contributed by atoms with van der Waals surface area (Å²) in [6.45, 7) is 1.64. The molecule has 0 radical (unpaired) electrons. The number of sulfone groups is 1. The molecule has 6 heteroatoms. The summed E-state index contributed by atoms with van der Waals surface area (Å²) in [4.78, 5) is 11.9. The number of nitrogens with one attached hydrogen (secondary N) is 1. The van der Waals surface area contributed by atoms with Crippen LogP contribution in [0.3, 0.4) is 0 Å². The van der Waals surface area contributed by atoms with Crippen molar-refractivity contribution in [2.45, 2.75) is 31.7 Å². The van der Waals surface area contributed by atoms with Gasteiger partial charge in [0.15, 0.2) is 0 Å². The standard InChI is InChI=1S/C15H20ClNO3S/c1-10(9-21(2,19)20)15(18)17-12-7-11(8-12)13-5-3-4-6-14(13)16/h3-6,10-12H,7-9H2,1-2H3,(H,17,18)/t10-,11?,12?/m1/s1. The molecule has 0 aliphatic heterocycles. The average molecular weight is 330 g/mol. The molecule has 0 bridgehead atoms. The van der Waals surface area contributed by atoms with Crippen LogP contribution in [0.2, 0.25) is 5.02 Å². The molecule has 1 amide bonds. The minimum Gasteiger partial charge on any atom is -0.353 e. The second kappa shape index (κ2) is 6.36. The van der Waals surface area contributed by atoms with E-state index in [-0.39, 0.29) is 17.7 Å². The Bertz CT molecular complexity index is 624. The highest BCUT2D eigenvalue weighted by Gasteiger charge is 2.33. The lowest BCUT2D eigenvalue weighted by Gasteiger charge is -2.37. The number of carbonyl (C=O) groups excluding carboxylic acids is 1. The molecule has 2 rings (SSSR count). The fraction of sp³-hybridized carbons (Fsp3) is 0.533. The van der Waals surface area contributed by atoms with Crippen molar-refractivity contribution in [3.05, 3.63) is 34.9 Å². The van der Waals surface area contributed by atoms with Crippen LogP contribution in [-0.4, -0.2) is 32.4 Å². The summed E-state index contributed by atoms with van der Waals surface area (Å²) in [6, 6.07) is 7.85. The molecule has 1 aromatic carbocycles. The summed E-state index contributed by atoms with van der Waals surface area (Å²) >= 11 is 6.15. The molecular weight excluding hydrogens is 310 g/mol. The van der Waals surface area contributed by atoms with Crippen molar-refractivity contribution in [1.29, 1.82) is 0 Å². The zero-order valence-electron chi connectivity index (χ0n) is 12.2. The van der Waals surface area contributed by atoms with Crippen molar-refractivity contribution in [2.24, 2.45) is 5.92 Å². The Balaban J connectivity index is 1.83. The van der Waals surface area contributed by atoms with Gasteiger partial charge in [-0.25, -0.2) is 8.42 Å². The number of halogens is 1. The maximum absolute atomic E-state index is 11.9. The zero-order chi connectivity index (χ0) is 15.6. The predicted molar refractivity (Wildman–Crippen MR) is 84.2 cm³/mol. The van der Waals surface area contributed by atoms with Crippen LogP contribution in [0.25, 0.3) is 0 Å². The molecule has 116 valence electrons. The van der Waals surface area contributed by atoms with Crippen molar-refractivity contribution in [1.82, 2.24) is 5.32 Å². The van der Waals surface area contributed by atoms with E-state index in [1.165, 1.54) is 0 Å². The Morgan fingerprint density at radius 3 is 2.57 bits per heavy atom. The average Bonchev–Trinajstić information content (AvgIpc) is 2.32. The molecule has 0 saturated heterocycles. The number of benzene rings is 1. The number of amides is 1. The molecule has 4 nitrogen and oxygen atoms in total. The first-order valence-electron chi connectivity index (χ1n) is 6.99. The number of hydrogen-bond donors (Lipinski definition) is 1. The third kappa shape index (κ3) is 4.45. The van der Waals surface area contributed by atoms with Crippen LogP contribution in [0.5, 0.6) is 0 Å². The van der Waals surface area contributed by atoms with Gasteiger partial charge in [-0.15, -0.1) is 0 Å². The highest BCUT2D eigenvalue weighted by atomic mass is 35.5. The second-order valence-corrected chi connectivity index (χ2v) is 8.48. The van der Waals surface area contributed by atoms with E-state index in [9.17, 15) is 13.2 Å². The van der Waals surface area contributed by atoms with E-state index < -0.39 is 15.8 Å². The number of hydrogen-bond acceptors (Lipinski definition) is 3. The number of rotatable bonds is 5. The normalized spacial score (nSPS) is 23.2. The van der Waals surface area contributed by atoms with E-state index in [1.807, 2.05) is 24.3 Å². The lowest BCUT2D eigenvalue weighted by atomic mass is 9.75. The SMILES string of the molecule is C[C@H](CS(C)(=O)=O)C(=O)NC1CC(c2ccccc2Cl)C1. The van der Waals surface area contributed by atoms with Crippen molar-refractivity contribution in [2.75, 3.05) is 12.0 Å². The summed E-state index contributed by atoms with van der Waals surface area (Å²) in [5, 5.41) is 3.67. The smallest absolute Gasteiger partial charge is 0.224 e. The predicted octanol–water partition coefficient (Wildman–Crippen LogP) is 2.38. The highest BCUT2D eigenvalue weighted by Crippen LogP contribution is 2.39. The maximum atomic E-state index is 11.9. The van der Waals surface area contributed by atoms with Gasteiger partial charge in [-0.3, -0.25) is 4.79 Å². The van der Waals surface area contributed by atoms with E-state index in [0.29, 0.717) is 5.92 Å². The second-order valence-electron chi connectivity index (χ2n) is 5.89. The zero-order valence-corrected chi connectivity index (χ0v) is 13.7. The molecule has 1 N–H and O–H groups in total. The van der Waals surface area contributed by atoms with Gasteiger partial charge in [0.1, 0.15) is 9.84 Å². The molecule has 1 atom stereocenters. The van der Waals surface area contributed by atoms with Gasteiger partial charge in [0.2, 0.25) is 5.91 Å². The van der Waals surface area contributed by atoms with Crippen molar-refractivity contribution >= 4 is 27.3 Å². The van der Waals surface area contributed by atoms with Crippen LogP contribution < -0.4 is 5.32 Å². The Hall–Kier alpha value is -1.07. The molecule has 1 aliphatic carbocycles. The summed E-state index contributed by atoms with van der Waals surface area (Å²) in [6.07, 6.45) is 2.84. The lowest BCUT2D eigenvalue weighted by molar-refractivity contribution is -0.125. The topological polar surface area (TPSA) is 63.2 Å². The minimum absolute atomic E-state index is 0.112. The van der Waals surface area contributed by atoms with Gasteiger partial charge in [0, 0.05) is 23.2 Å². The van der Waals surface area contributed by atoms with Crippen LogP contribution in [0, 0.1) is 5.92 Å². The van der Waals surface area contributed by atoms with Crippen LogP contribution >= 0.6 is 11.6 Å². The first kappa shape index (κ1) is 16.3. The summed E-state index contributed by atoms with van der Waals surface area (Å²) in [5.41, 5.74) is 1.12. The Labute approximate surface area is 130 Å². The molecular formula is C15H20ClNO3S. The monoisotopic (exact) mass is 329 g/mol. The molecule has 1 aliphatic rings. The Morgan fingerprint density at radius 1 is 1.38 bits per heavy atom. The Morgan fingerprint density at radius 2 is 2.00 bits per heavy atom. The molecule has 1 saturated carbocycles. The third-order valence-electron chi connectivity index (χ3n) is 3.83. The fourth-order valence-electron chi connectivity index (χ4n) is 2.67. The van der Waals surface area contributed by atoms with E-state index in [2.05, 4.69) is 5.32 Å². The van der Waals surface area contributed by atoms with Crippen LogP contribution in [0.1, 0.15) is 31.2 Å². The molecule has 0 heterocycles. The van der Waals surface area contributed by atoms with Crippen LogP contribution in [0.15, 0.2) is 24.3 Å². The van der Waals surface area contributed by atoms with Gasteiger partial charge < -0.3 is 5.32 Å². The Kier molecular flexibility index (Phi) is 4.94. The van der Waals surface area contributed by atoms with Crippen molar-refractivity contribution in [3.8, 4) is 0 Å². The molecule has 21 heavy (non-hydrogen) atoms. The maximum Gasteiger partial charge on any atom is 0.224 e. The van der Waals surface area contributed by atoms with E-state index in [4.69, 9.17) is 11.6 Å². The van der Waals surface area contributed by atoms with Gasteiger partial charge in [-0.2, -0.15) is 0 Å². The van der Waals surface area contributed by atoms with Crippen molar-refractivity contribution < 1.29 is 13.2 Å². The minimum atomic E-state index is -3.13. The lowest BCUT2D eigenvalue weighted by Crippen LogP contribution is -2.46. The summed E-state index contributed by atoms with van der Waals surface area (Å²) in [5.74, 6) is -0.448. The molecule has 1 fully saturated rings. The first-order chi connectivity index (χ1) is 9.76. The molecule has 0 aromatic heterocycles. The quantitative estimate of drug-likeness (QED) is 0.902. The summed E-state index contributed by atoms with van der Waals surface area (Å²) < 4.78 is 22.4. The summed E-state index contributed by atoms with van der Waals surface area (Å²) in [7, 11) is -3.13. The largest absolute Gasteiger partial charge is 0.353 e. The van der Waals surface area contributed by atoms with E-state index in [0.717, 1.165) is 29.7 Å². The highest BCUT2D eigenvalue weighted by molar-refractivity contribution is 7.90. The van der Waals surface area contributed by atoms with Crippen LogP contribution in [-0.2, 0) is 14.6 Å². The van der Waals surface area contributed by atoms with Gasteiger partial charge in [0.25, 0.3) is 0 Å². The molecule has 0 unspecified atom stereocenters.